The van der Waals surface area contributed by atoms with Gasteiger partial charge in [-0.3, -0.25) is 4.90 Å². The van der Waals surface area contributed by atoms with Gasteiger partial charge in [-0.25, -0.2) is 4.79 Å². The lowest BCUT2D eigenvalue weighted by Gasteiger charge is -2.43. The van der Waals surface area contributed by atoms with Crippen LogP contribution in [0.5, 0.6) is 0 Å². The maximum absolute atomic E-state index is 12.3. The number of urea groups is 1. The Bertz CT molecular complexity index is 351. The maximum Gasteiger partial charge on any atom is 0.317 e. The summed E-state index contributed by atoms with van der Waals surface area (Å²) in [6.45, 7) is 7.03. The minimum absolute atomic E-state index is 0.0582. The van der Waals surface area contributed by atoms with Gasteiger partial charge in [-0.1, -0.05) is 0 Å². The number of hydrogen-bond donors (Lipinski definition) is 1. The molecule has 0 aromatic rings. The van der Waals surface area contributed by atoms with Crippen LogP contribution in [0.15, 0.2) is 0 Å². The average molecular weight is 315 g/mol. The highest BCUT2D eigenvalue weighted by Gasteiger charge is 2.41. The van der Waals surface area contributed by atoms with Gasteiger partial charge in [-0.2, -0.15) is 11.8 Å². The Labute approximate surface area is 130 Å². The lowest BCUT2D eigenvalue weighted by molar-refractivity contribution is -0.0132. The minimum atomic E-state index is 0.0582. The number of rotatable bonds is 3. The topological polar surface area (TPSA) is 54.0 Å². The normalized spacial score (nSPS) is 31.3. The number of nitrogens with zero attached hydrogens (tertiary/aromatic N) is 2. The van der Waals surface area contributed by atoms with Crippen molar-refractivity contribution in [3.8, 4) is 0 Å². The predicted molar refractivity (Wildman–Crippen MR) is 82.9 cm³/mol. The molecule has 0 bridgehead atoms. The first-order chi connectivity index (χ1) is 10.3. The molecule has 0 aromatic heterocycles. The Balaban J connectivity index is 1.56. The lowest BCUT2D eigenvalue weighted by Crippen LogP contribution is -2.60. The van der Waals surface area contributed by atoms with Gasteiger partial charge in [0.25, 0.3) is 0 Å². The molecule has 3 aliphatic rings. The van der Waals surface area contributed by atoms with Crippen molar-refractivity contribution in [1.29, 1.82) is 0 Å². The van der Waals surface area contributed by atoms with Crippen LogP contribution in [0.2, 0.25) is 0 Å². The van der Waals surface area contributed by atoms with Crippen LogP contribution in [0.3, 0.4) is 0 Å². The van der Waals surface area contributed by atoms with Crippen molar-refractivity contribution in [2.45, 2.75) is 12.0 Å². The van der Waals surface area contributed by atoms with Crippen LogP contribution < -0.4 is 5.32 Å². The first-order valence-corrected chi connectivity index (χ1v) is 8.97. The summed E-state index contributed by atoms with van der Waals surface area (Å²) in [5.74, 6) is 2.29. The van der Waals surface area contributed by atoms with Crippen LogP contribution in [-0.2, 0) is 9.47 Å². The number of morpholine rings is 2. The summed E-state index contributed by atoms with van der Waals surface area (Å²) in [5, 5.41) is 3.17. The highest BCUT2D eigenvalue weighted by Crippen LogP contribution is 2.33. The molecule has 120 valence electrons. The van der Waals surface area contributed by atoms with Crippen molar-refractivity contribution in [2.24, 2.45) is 0 Å². The Kier molecular flexibility index (Phi) is 5.26. The number of carbonyl (C=O) groups excluding carboxylic acids is 1. The van der Waals surface area contributed by atoms with Gasteiger partial charge in [0, 0.05) is 44.0 Å². The number of carbonyl (C=O) groups is 1. The average Bonchev–Trinajstić information content (AvgIpc) is 3.04. The second kappa shape index (κ2) is 7.17. The molecule has 0 aromatic carbocycles. The van der Waals surface area contributed by atoms with Gasteiger partial charge in [0.2, 0.25) is 0 Å². The van der Waals surface area contributed by atoms with Gasteiger partial charge in [0.15, 0.2) is 0 Å². The van der Waals surface area contributed by atoms with Crippen molar-refractivity contribution in [2.75, 3.05) is 70.7 Å². The highest BCUT2D eigenvalue weighted by atomic mass is 32.2. The Morgan fingerprint density at radius 2 is 1.76 bits per heavy atom. The van der Waals surface area contributed by atoms with Crippen LogP contribution in [-0.4, -0.2) is 92.0 Å². The molecule has 1 atom stereocenters. The molecule has 7 heteroatoms. The smallest absolute Gasteiger partial charge is 0.317 e. The fraction of sp³-hybridized carbons (Fsp3) is 0.929. The summed E-state index contributed by atoms with van der Waals surface area (Å²) in [4.78, 5) is 16.7. The van der Waals surface area contributed by atoms with E-state index in [0.29, 0.717) is 26.3 Å². The van der Waals surface area contributed by atoms with Crippen LogP contribution in [0, 0.1) is 0 Å². The van der Waals surface area contributed by atoms with Gasteiger partial charge >= 0.3 is 6.03 Å². The van der Waals surface area contributed by atoms with Crippen molar-refractivity contribution in [3.05, 3.63) is 0 Å². The molecule has 3 saturated heterocycles. The standard InChI is InChI=1S/C14H25N3O3S/c18-13(16-2-6-19-7-3-16)15-11-14(1-10-21-12-14)17-4-8-20-9-5-17/h1-12H2,(H,15,18)/t14-/m0/s1. The molecule has 0 aliphatic carbocycles. The van der Waals surface area contributed by atoms with Crippen molar-refractivity contribution >= 4 is 17.8 Å². The summed E-state index contributed by atoms with van der Waals surface area (Å²) in [5.41, 5.74) is 0.121. The first-order valence-electron chi connectivity index (χ1n) is 7.81. The molecule has 3 fully saturated rings. The van der Waals surface area contributed by atoms with Crippen molar-refractivity contribution < 1.29 is 14.3 Å². The number of ether oxygens (including phenoxy) is 2. The fourth-order valence-corrected chi connectivity index (χ4v) is 4.73. The number of nitrogens with one attached hydrogen (secondary N) is 1. The molecule has 3 heterocycles. The summed E-state index contributed by atoms with van der Waals surface area (Å²) in [7, 11) is 0. The second-order valence-corrected chi connectivity index (χ2v) is 6.99. The molecule has 21 heavy (non-hydrogen) atoms. The summed E-state index contributed by atoms with van der Waals surface area (Å²) >= 11 is 1.99. The molecular weight excluding hydrogens is 290 g/mol. The number of amides is 2. The van der Waals surface area contributed by atoms with E-state index in [1.54, 1.807) is 0 Å². The van der Waals surface area contributed by atoms with E-state index in [1.807, 2.05) is 16.7 Å². The van der Waals surface area contributed by atoms with E-state index >= 15 is 0 Å². The third-order valence-electron chi connectivity index (χ3n) is 4.63. The number of hydrogen-bond acceptors (Lipinski definition) is 5. The molecule has 6 nitrogen and oxygen atoms in total. The van der Waals surface area contributed by atoms with Crippen molar-refractivity contribution in [3.63, 3.8) is 0 Å². The molecule has 2 amide bonds. The molecule has 3 rings (SSSR count). The van der Waals surface area contributed by atoms with Gasteiger partial charge in [-0.15, -0.1) is 0 Å². The third kappa shape index (κ3) is 3.64. The first kappa shape index (κ1) is 15.4. The van der Waals surface area contributed by atoms with Crippen LogP contribution >= 0.6 is 11.8 Å². The van der Waals surface area contributed by atoms with Crippen molar-refractivity contribution in [1.82, 2.24) is 15.1 Å². The zero-order valence-electron chi connectivity index (χ0n) is 12.5. The highest BCUT2D eigenvalue weighted by molar-refractivity contribution is 7.99. The van der Waals surface area contributed by atoms with Crippen LogP contribution in [0.25, 0.3) is 0 Å². The zero-order valence-corrected chi connectivity index (χ0v) is 13.3. The van der Waals surface area contributed by atoms with Gasteiger partial charge in [-0.05, 0) is 12.2 Å². The molecule has 1 N–H and O–H groups in total. The third-order valence-corrected chi connectivity index (χ3v) is 5.87. The quantitative estimate of drug-likeness (QED) is 0.808. The monoisotopic (exact) mass is 315 g/mol. The largest absolute Gasteiger partial charge is 0.379 e. The molecule has 0 unspecified atom stereocenters. The summed E-state index contributed by atoms with van der Waals surface area (Å²) in [6, 6.07) is 0.0582. The predicted octanol–water partition coefficient (Wildman–Crippen LogP) is 0.236. The molecule has 3 aliphatic heterocycles. The van der Waals surface area contributed by atoms with Gasteiger partial charge in [0.1, 0.15) is 0 Å². The zero-order chi connectivity index (χ0) is 14.5. The Morgan fingerprint density at radius 1 is 1.10 bits per heavy atom. The van der Waals surface area contributed by atoms with E-state index in [0.717, 1.165) is 45.0 Å². The lowest BCUT2D eigenvalue weighted by atomic mass is 9.95. The number of thioether (sulfide) groups is 1. The maximum atomic E-state index is 12.3. The fourth-order valence-electron chi connectivity index (χ4n) is 3.25. The summed E-state index contributed by atoms with van der Waals surface area (Å²) < 4.78 is 10.8. The molecule has 0 spiro atoms. The van der Waals surface area contributed by atoms with E-state index in [1.165, 1.54) is 5.75 Å². The van der Waals surface area contributed by atoms with Crippen LogP contribution in [0.4, 0.5) is 4.79 Å². The summed E-state index contributed by atoms with van der Waals surface area (Å²) in [6.07, 6.45) is 1.15. The second-order valence-electron chi connectivity index (χ2n) is 5.88. The Hall–Kier alpha value is -0.500. The van der Waals surface area contributed by atoms with Gasteiger partial charge < -0.3 is 19.7 Å². The molecule has 0 radical (unpaired) electrons. The van der Waals surface area contributed by atoms with E-state index < -0.39 is 0 Å². The SMILES string of the molecule is O=C(NC[C@@]1(N2CCOCC2)CCSC1)N1CCOCC1. The van der Waals surface area contributed by atoms with E-state index in [2.05, 4.69) is 10.2 Å². The molecular formula is C14H25N3O3S. The Morgan fingerprint density at radius 3 is 2.38 bits per heavy atom. The van der Waals surface area contributed by atoms with E-state index in [4.69, 9.17) is 9.47 Å². The van der Waals surface area contributed by atoms with E-state index in [9.17, 15) is 4.79 Å². The minimum Gasteiger partial charge on any atom is -0.379 e. The van der Waals surface area contributed by atoms with Crippen LogP contribution in [0.1, 0.15) is 6.42 Å². The van der Waals surface area contributed by atoms with Gasteiger partial charge in [0.05, 0.1) is 26.4 Å². The molecule has 0 saturated carbocycles. The van der Waals surface area contributed by atoms with E-state index in [-0.39, 0.29) is 11.6 Å².